The zero-order chi connectivity index (χ0) is 9.68. The van der Waals surface area contributed by atoms with E-state index in [1.807, 2.05) is 0 Å². The van der Waals surface area contributed by atoms with Gasteiger partial charge in [-0.25, -0.2) is 0 Å². The van der Waals surface area contributed by atoms with E-state index in [-0.39, 0.29) is 0 Å². The molecule has 0 aromatic carbocycles. The van der Waals surface area contributed by atoms with Crippen LogP contribution in [0.3, 0.4) is 0 Å². The van der Waals surface area contributed by atoms with Crippen molar-refractivity contribution in [2.45, 2.75) is 45.1 Å². The molecule has 1 heterocycles. The van der Waals surface area contributed by atoms with E-state index in [9.17, 15) is 4.79 Å². The third kappa shape index (κ3) is 3.35. The first-order valence-corrected chi connectivity index (χ1v) is 5.20. The predicted molar refractivity (Wildman–Crippen MR) is 51.8 cm³/mol. The van der Waals surface area contributed by atoms with Gasteiger partial charge in [0.1, 0.15) is 0 Å². The van der Waals surface area contributed by atoms with Gasteiger partial charge in [0.25, 0.3) is 0 Å². The molecule has 0 radical (unpaired) electrons. The van der Waals surface area contributed by atoms with E-state index in [1.165, 1.54) is 19.4 Å². The molecule has 3 heteroatoms. The standard InChI is InChI=1S/C10H19NO2/c1-2-11-8-4-6-9(11)5-3-7-10(12)13/h9H,2-8H2,1H3,(H,12,13)/t9-/m1/s1. The average molecular weight is 185 g/mol. The molecule has 3 nitrogen and oxygen atoms in total. The number of hydrogen-bond acceptors (Lipinski definition) is 2. The second kappa shape index (κ2) is 5.22. The number of aliphatic carboxylic acids is 1. The summed E-state index contributed by atoms with van der Waals surface area (Å²) in [5.41, 5.74) is 0. The molecule has 1 rings (SSSR count). The van der Waals surface area contributed by atoms with Gasteiger partial charge in [-0.1, -0.05) is 6.92 Å². The molecule has 0 aliphatic carbocycles. The van der Waals surface area contributed by atoms with Crippen molar-refractivity contribution in [3.05, 3.63) is 0 Å². The summed E-state index contributed by atoms with van der Waals surface area (Å²) in [6, 6.07) is 0.657. The molecule has 1 aliphatic heterocycles. The largest absolute Gasteiger partial charge is 0.481 e. The van der Waals surface area contributed by atoms with Gasteiger partial charge in [0, 0.05) is 12.5 Å². The van der Waals surface area contributed by atoms with Crippen molar-refractivity contribution in [2.75, 3.05) is 13.1 Å². The number of nitrogens with zero attached hydrogens (tertiary/aromatic N) is 1. The molecule has 0 amide bonds. The summed E-state index contributed by atoms with van der Waals surface area (Å²) < 4.78 is 0. The Hall–Kier alpha value is -0.570. The average Bonchev–Trinajstić information content (AvgIpc) is 2.51. The van der Waals surface area contributed by atoms with E-state index < -0.39 is 5.97 Å². The highest BCUT2D eigenvalue weighted by molar-refractivity contribution is 5.66. The van der Waals surface area contributed by atoms with Gasteiger partial charge in [0.15, 0.2) is 0 Å². The first-order valence-electron chi connectivity index (χ1n) is 5.20. The molecule has 13 heavy (non-hydrogen) atoms. The lowest BCUT2D eigenvalue weighted by molar-refractivity contribution is -0.137. The minimum Gasteiger partial charge on any atom is -0.481 e. The van der Waals surface area contributed by atoms with Crippen molar-refractivity contribution in [1.82, 2.24) is 4.90 Å². The predicted octanol–water partition coefficient (Wildman–Crippen LogP) is 1.73. The summed E-state index contributed by atoms with van der Waals surface area (Å²) in [4.78, 5) is 12.8. The zero-order valence-corrected chi connectivity index (χ0v) is 8.33. The van der Waals surface area contributed by atoms with Crippen LogP contribution in [0.4, 0.5) is 0 Å². The summed E-state index contributed by atoms with van der Waals surface area (Å²) in [6.07, 6.45) is 4.75. The Morgan fingerprint density at radius 1 is 1.62 bits per heavy atom. The zero-order valence-electron chi connectivity index (χ0n) is 8.33. The quantitative estimate of drug-likeness (QED) is 0.709. The van der Waals surface area contributed by atoms with Crippen LogP contribution < -0.4 is 0 Å². The maximum atomic E-state index is 10.3. The van der Waals surface area contributed by atoms with Gasteiger partial charge >= 0.3 is 5.97 Å². The summed E-state index contributed by atoms with van der Waals surface area (Å²) in [6.45, 7) is 4.49. The topological polar surface area (TPSA) is 40.5 Å². The van der Waals surface area contributed by atoms with Crippen molar-refractivity contribution in [1.29, 1.82) is 0 Å². The number of hydrogen-bond donors (Lipinski definition) is 1. The molecular weight excluding hydrogens is 166 g/mol. The molecule has 0 unspecified atom stereocenters. The molecule has 1 N–H and O–H groups in total. The highest BCUT2D eigenvalue weighted by Crippen LogP contribution is 2.21. The van der Waals surface area contributed by atoms with E-state index in [0.29, 0.717) is 12.5 Å². The third-order valence-corrected chi connectivity index (χ3v) is 2.83. The Morgan fingerprint density at radius 2 is 2.38 bits per heavy atom. The van der Waals surface area contributed by atoms with Crippen LogP contribution in [0.5, 0.6) is 0 Å². The van der Waals surface area contributed by atoms with E-state index in [1.54, 1.807) is 0 Å². The minimum absolute atomic E-state index is 0.327. The van der Waals surface area contributed by atoms with Crippen molar-refractivity contribution in [3.63, 3.8) is 0 Å². The maximum absolute atomic E-state index is 10.3. The smallest absolute Gasteiger partial charge is 0.303 e. The fourth-order valence-corrected chi connectivity index (χ4v) is 2.13. The lowest BCUT2D eigenvalue weighted by Gasteiger charge is -2.22. The molecule has 0 aromatic rings. The van der Waals surface area contributed by atoms with Crippen molar-refractivity contribution in [2.24, 2.45) is 0 Å². The van der Waals surface area contributed by atoms with Crippen LogP contribution in [0, 0.1) is 0 Å². The summed E-state index contributed by atoms with van der Waals surface area (Å²) in [7, 11) is 0. The van der Waals surface area contributed by atoms with Crippen molar-refractivity contribution < 1.29 is 9.90 Å². The minimum atomic E-state index is -0.666. The number of carbonyl (C=O) groups is 1. The van der Waals surface area contributed by atoms with Crippen molar-refractivity contribution >= 4 is 5.97 Å². The normalized spacial score (nSPS) is 23.6. The molecule has 0 bridgehead atoms. The molecule has 1 aliphatic rings. The van der Waals surface area contributed by atoms with Gasteiger partial charge in [-0.3, -0.25) is 4.79 Å². The second-order valence-corrected chi connectivity index (χ2v) is 3.71. The fraction of sp³-hybridized carbons (Fsp3) is 0.900. The Kier molecular flexibility index (Phi) is 4.22. The Balaban J connectivity index is 2.16. The van der Waals surface area contributed by atoms with Gasteiger partial charge in [-0.15, -0.1) is 0 Å². The second-order valence-electron chi connectivity index (χ2n) is 3.71. The summed E-state index contributed by atoms with van der Waals surface area (Å²) >= 11 is 0. The Labute approximate surface area is 79.7 Å². The number of carboxylic acid groups (broad SMARTS) is 1. The van der Waals surface area contributed by atoms with Gasteiger partial charge < -0.3 is 10.0 Å². The van der Waals surface area contributed by atoms with E-state index >= 15 is 0 Å². The van der Waals surface area contributed by atoms with Crippen LogP contribution in [0.15, 0.2) is 0 Å². The van der Waals surface area contributed by atoms with Gasteiger partial charge in [0.2, 0.25) is 0 Å². The van der Waals surface area contributed by atoms with Crippen LogP contribution in [0.2, 0.25) is 0 Å². The molecular formula is C10H19NO2. The van der Waals surface area contributed by atoms with Crippen molar-refractivity contribution in [3.8, 4) is 0 Å². The molecule has 1 saturated heterocycles. The summed E-state index contributed by atoms with van der Waals surface area (Å²) in [5.74, 6) is -0.666. The van der Waals surface area contributed by atoms with Crippen LogP contribution in [-0.2, 0) is 4.79 Å². The molecule has 0 aromatic heterocycles. The Bertz CT molecular complexity index is 170. The lowest BCUT2D eigenvalue weighted by atomic mass is 10.1. The van der Waals surface area contributed by atoms with Crippen LogP contribution in [0.1, 0.15) is 39.0 Å². The number of rotatable bonds is 5. The first kappa shape index (κ1) is 10.5. The van der Waals surface area contributed by atoms with Crippen LogP contribution in [0.25, 0.3) is 0 Å². The van der Waals surface area contributed by atoms with Gasteiger partial charge in [-0.05, 0) is 38.8 Å². The van der Waals surface area contributed by atoms with E-state index in [2.05, 4.69) is 11.8 Å². The van der Waals surface area contributed by atoms with Gasteiger partial charge in [0.05, 0.1) is 0 Å². The molecule has 1 fully saturated rings. The molecule has 1 atom stereocenters. The lowest BCUT2D eigenvalue weighted by Crippen LogP contribution is -2.29. The number of carboxylic acids is 1. The monoisotopic (exact) mass is 185 g/mol. The van der Waals surface area contributed by atoms with Gasteiger partial charge in [-0.2, -0.15) is 0 Å². The van der Waals surface area contributed by atoms with E-state index in [4.69, 9.17) is 5.11 Å². The fourth-order valence-electron chi connectivity index (χ4n) is 2.13. The van der Waals surface area contributed by atoms with Crippen LogP contribution >= 0.6 is 0 Å². The molecule has 0 spiro atoms. The number of likely N-dealkylation sites (tertiary alicyclic amines) is 1. The highest BCUT2D eigenvalue weighted by atomic mass is 16.4. The first-order chi connectivity index (χ1) is 6.24. The Morgan fingerprint density at radius 3 is 3.00 bits per heavy atom. The SMILES string of the molecule is CCN1CCC[C@H]1CCCC(=O)O. The molecule has 76 valence electrons. The van der Waals surface area contributed by atoms with E-state index in [0.717, 1.165) is 19.4 Å². The highest BCUT2D eigenvalue weighted by Gasteiger charge is 2.22. The molecule has 0 saturated carbocycles. The summed E-state index contributed by atoms with van der Waals surface area (Å²) in [5, 5.41) is 8.50. The van der Waals surface area contributed by atoms with Crippen LogP contribution in [-0.4, -0.2) is 35.1 Å². The third-order valence-electron chi connectivity index (χ3n) is 2.83. The maximum Gasteiger partial charge on any atom is 0.303 e.